The minimum atomic E-state index is -4.45. The summed E-state index contributed by atoms with van der Waals surface area (Å²) in [5, 5.41) is 3.72. The van der Waals surface area contributed by atoms with E-state index in [4.69, 9.17) is 5.73 Å². The van der Waals surface area contributed by atoms with Crippen molar-refractivity contribution in [3.63, 3.8) is 0 Å². The second-order valence-corrected chi connectivity index (χ2v) is 2.86. The highest BCUT2D eigenvalue weighted by atomic mass is 19.4. The Morgan fingerprint density at radius 2 is 2.19 bits per heavy atom. The predicted octanol–water partition coefficient (Wildman–Crippen LogP) is 1.35. The summed E-state index contributed by atoms with van der Waals surface area (Å²) in [6.07, 6.45) is -3.09. The first-order chi connectivity index (χ1) is 7.38. The lowest BCUT2D eigenvalue weighted by molar-refractivity contribution is -0.122. The quantitative estimate of drug-likeness (QED) is 0.722. The summed E-state index contributed by atoms with van der Waals surface area (Å²) in [5.74, 6) is 0.0159. The molecule has 0 aliphatic carbocycles. The molecule has 0 unspecified atom stereocenters. The van der Waals surface area contributed by atoms with Crippen LogP contribution in [0.4, 0.5) is 29.5 Å². The number of nitrogens with one attached hydrogen (secondary N) is 2. The van der Waals surface area contributed by atoms with Crippen molar-refractivity contribution < 1.29 is 18.0 Å². The van der Waals surface area contributed by atoms with Crippen LogP contribution in [0.25, 0.3) is 0 Å². The van der Waals surface area contributed by atoms with Crippen molar-refractivity contribution in [2.45, 2.75) is 6.18 Å². The van der Waals surface area contributed by atoms with E-state index in [1.165, 1.54) is 18.3 Å². The predicted molar refractivity (Wildman–Crippen MR) is 51.7 cm³/mol. The van der Waals surface area contributed by atoms with Gasteiger partial charge in [0.25, 0.3) is 0 Å². The number of nitrogens with zero attached hydrogens (tertiary/aromatic N) is 1. The van der Waals surface area contributed by atoms with Crippen LogP contribution in [-0.2, 0) is 0 Å². The van der Waals surface area contributed by atoms with E-state index in [0.29, 0.717) is 0 Å². The van der Waals surface area contributed by atoms with Crippen LogP contribution in [0.15, 0.2) is 18.3 Å². The number of amides is 2. The first-order valence-corrected chi connectivity index (χ1v) is 4.20. The molecule has 0 radical (unpaired) electrons. The fourth-order valence-corrected chi connectivity index (χ4v) is 0.854. The van der Waals surface area contributed by atoms with Crippen molar-refractivity contribution in [3.8, 4) is 0 Å². The number of carbonyl (C=O) groups excluding carboxylic acids is 1. The first-order valence-electron chi connectivity index (χ1n) is 4.20. The molecule has 2 amide bonds. The van der Waals surface area contributed by atoms with Crippen LogP contribution in [0.5, 0.6) is 0 Å². The third-order valence-electron chi connectivity index (χ3n) is 1.52. The van der Waals surface area contributed by atoms with E-state index in [0.717, 1.165) is 0 Å². The monoisotopic (exact) mass is 234 g/mol. The van der Waals surface area contributed by atoms with Gasteiger partial charge in [-0.1, -0.05) is 0 Å². The average molecular weight is 234 g/mol. The summed E-state index contributed by atoms with van der Waals surface area (Å²) >= 11 is 0. The van der Waals surface area contributed by atoms with E-state index < -0.39 is 18.8 Å². The van der Waals surface area contributed by atoms with Crippen molar-refractivity contribution in [1.29, 1.82) is 0 Å². The fourth-order valence-electron chi connectivity index (χ4n) is 0.854. The number of alkyl halides is 3. The van der Waals surface area contributed by atoms with Gasteiger partial charge in [0.05, 0.1) is 5.69 Å². The van der Waals surface area contributed by atoms with E-state index in [1.54, 1.807) is 5.32 Å². The van der Waals surface area contributed by atoms with Crippen LogP contribution in [0, 0.1) is 0 Å². The molecule has 1 rings (SSSR count). The maximum atomic E-state index is 11.8. The smallest absolute Gasteiger partial charge is 0.396 e. The molecule has 0 spiro atoms. The molecule has 0 saturated carbocycles. The third kappa shape index (κ3) is 4.03. The fraction of sp³-hybridized carbons (Fsp3) is 0.250. The number of urea groups is 1. The Kier molecular flexibility index (Phi) is 3.54. The van der Waals surface area contributed by atoms with Gasteiger partial charge in [-0.2, -0.15) is 13.2 Å². The lowest BCUT2D eigenvalue weighted by Crippen LogP contribution is -2.36. The van der Waals surface area contributed by atoms with E-state index in [1.807, 2.05) is 0 Å². The van der Waals surface area contributed by atoms with Crippen LogP contribution in [0.1, 0.15) is 0 Å². The molecule has 0 aliphatic heterocycles. The van der Waals surface area contributed by atoms with Crippen molar-refractivity contribution in [3.05, 3.63) is 18.3 Å². The number of anilines is 2. The maximum Gasteiger partial charge on any atom is 0.405 e. The standard InChI is InChI=1S/C8H9F3N4O/c9-8(10,11)4-14-7(16)15-6-5(12)2-1-3-13-6/h1-3H,4,12H2,(H2,13,14,15,16). The summed E-state index contributed by atoms with van der Waals surface area (Å²) < 4.78 is 35.3. The van der Waals surface area contributed by atoms with E-state index >= 15 is 0 Å². The number of carbonyl (C=O) groups is 1. The van der Waals surface area contributed by atoms with E-state index in [2.05, 4.69) is 10.3 Å². The molecule has 8 heteroatoms. The highest BCUT2D eigenvalue weighted by Crippen LogP contribution is 2.14. The Labute approximate surface area is 88.8 Å². The SMILES string of the molecule is Nc1cccnc1NC(=O)NCC(F)(F)F. The highest BCUT2D eigenvalue weighted by Gasteiger charge is 2.27. The van der Waals surface area contributed by atoms with Crippen LogP contribution >= 0.6 is 0 Å². The molecule has 0 fully saturated rings. The van der Waals surface area contributed by atoms with E-state index in [-0.39, 0.29) is 11.5 Å². The van der Waals surface area contributed by atoms with Crippen LogP contribution in [0.3, 0.4) is 0 Å². The molecule has 5 nitrogen and oxygen atoms in total. The lowest BCUT2D eigenvalue weighted by Gasteiger charge is -2.10. The summed E-state index contributed by atoms with van der Waals surface area (Å²) in [4.78, 5) is 14.7. The highest BCUT2D eigenvalue weighted by molar-refractivity contribution is 5.91. The maximum absolute atomic E-state index is 11.8. The largest absolute Gasteiger partial charge is 0.405 e. The molecule has 0 aromatic carbocycles. The van der Waals surface area contributed by atoms with Gasteiger partial charge in [0.2, 0.25) is 0 Å². The molecular weight excluding hydrogens is 225 g/mol. The second-order valence-electron chi connectivity index (χ2n) is 2.86. The summed E-state index contributed by atoms with van der Waals surface area (Å²) in [5.41, 5.74) is 5.59. The van der Waals surface area contributed by atoms with Gasteiger partial charge in [0.15, 0.2) is 5.82 Å². The zero-order valence-corrected chi connectivity index (χ0v) is 8.01. The van der Waals surface area contributed by atoms with Crippen LogP contribution < -0.4 is 16.4 Å². The zero-order chi connectivity index (χ0) is 12.2. The third-order valence-corrected chi connectivity index (χ3v) is 1.52. The molecule has 0 aliphatic rings. The number of nitrogens with two attached hydrogens (primary N) is 1. The minimum Gasteiger partial charge on any atom is -0.396 e. The second kappa shape index (κ2) is 4.69. The zero-order valence-electron chi connectivity index (χ0n) is 8.01. The molecular formula is C8H9F3N4O. The number of rotatable bonds is 2. The lowest BCUT2D eigenvalue weighted by atomic mass is 10.4. The number of hydrogen-bond acceptors (Lipinski definition) is 3. The molecule has 0 atom stereocenters. The minimum absolute atomic E-state index is 0.0159. The first kappa shape index (κ1) is 12.1. The molecule has 1 aromatic rings. The Bertz CT molecular complexity index is 380. The van der Waals surface area contributed by atoms with Crippen LogP contribution in [0.2, 0.25) is 0 Å². The van der Waals surface area contributed by atoms with Gasteiger partial charge in [-0.05, 0) is 12.1 Å². The number of pyridine rings is 1. The summed E-state index contributed by atoms with van der Waals surface area (Å²) in [6.45, 7) is -1.41. The van der Waals surface area contributed by atoms with Gasteiger partial charge < -0.3 is 11.1 Å². The molecule has 1 heterocycles. The van der Waals surface area contributed by atoms with Crippen molar-refractivity contribution in [2.24, 2.45) is 0 Å². The van der Waals surface area contributed by atoms with Crippen molar-refractivity contribution in [2.75, 3.05) is 17.6 Å². The Morgan fingerprint density at radius 3 is 2.75 bits per heavy atom. The summed E-state index contributed by atoms with van der Waals surface area (Å²) in [7, 11) is 0. The van der Waals surface area contributed by atoms with Gasteiger partial charge in [-0.25, -0.2) is 9.78 Å². The molecule has 0 bridgehead atoms. The van der Waals surface area contributed by atoms with Gasteiger partial charge in [-0.3, -0.25) is 5.32 Å². The van der Waals surface area contributed by atoms with Crippen molar-refractivity contribution >= 4 is 17.5 Å². The number of aromatic nitrogens is 1. The average Bonchev–Trinajstić information content (AvgIpc) is 2.18. The number of halogens is 3. The normalized spacial score (nSPS) is 10.9. The molecule has 88 valence electrons. The van der Waals surface area contributed by atoms with Gasteiger partial charge in [-0.15, -0.1) is 0 Å². The summed E-state index contributed by atoms with van der Waals surface area (Å²) in [6, 6.07) is 1.99. The van der Waals surface area contributed by atoms with Gasteiger partial charge >= 0.3 is 12.2 Å². The van der Waals surface area contributed by atoms with Crippen molar-refractivity contribution in [1.82, 2.24) is 10.3 Å². The number of nitrogen functional groups attached to an aromatic ring is 1. The molecule has 16 heavy (non-hydrogen) atoms. The molecule has 1 aromatic heterocycles. The van der Waals surface area contributed by atoms with E-state index in [9.17, 15) is 18.0 Å². The van der Waals surface area contributed by atoms with Gasteiger partial charge in [0, 0.05) is 6.20 Å². The molecule has 4 N–H and O–H groups in total. The Balaban J connectivity index is 2.50. The Morgan fingerprint density at radius 1 is 1.50 bits per heavy atom. The number of hydrogen-bond donors (Lipinski definition) is 3. The topological polar surface area (TPSA) is 80.0 Å². The molecule has 0 saturated heterocycles. The Hall–Kier alpha value is -1.99. The van der Waals surface area contributed by atoms with Gasteiger partial charge in [0.1, 0.15) is 6.54 Å². The van der Waals surface area contributed by atoms with Crippen LogP contribution in [-0.4, -0.2) is 23.7 Å².